The summed E-state index contributed by atoms with van der Waals surface area (Å²) in [5.74, 6) is 0.106. The number of halogens is 2. The maximum absolute atomic E-state index is 11.6. The molecule has 1 aliphatic heterocycles. The van der Waals surface area contributed by atoms with Gasteiger partial charge in [-0.15, -0.1) is 0 Å². The van der Waals surface area contributed by atoms with E-state index < -0.39 is 10.0 Å². The minimum Gasteiger partial charge on any atom is -0.491 e. The summed E-state index contributed by atoms with van der Waals surface area (Å²) < 4.78 is 34.8. The predicted molar refractivity (Wildman–Crippen MR) is 84.2 cm³/mol. The van der Waals surface area contributed by atoms with E-state index in [0.29, 0.717) is 11.1 Å². The van der Waals surface area contributed by atoms with Crippen molar-refractivity contribution in [3.8, 4) is 5.75 Å². The lowest BCUT2D eigenvalue weighted by Gasteiger charge is -2.14. The van der Waals surface area contributed by atoms with E-state index in [1.54, 1.807) is 6.07 Å². The molecular formula is C13H17BrClNO4S. The maximum atomic E-state index is 11.6. The Balaban J connectivity index is 2.01. The second-order valence-electron chi connectivity index (χ2n) is 4.89. The second-order valence-corrected chi connectivity index (χ2v) is 7.74. The van der Waals surface area contributed by atoms with Crippen LogP contribution < -0.4 is 9.88 Å². The van der Waals surface area contributed by atoms with E-state index in [1.165, 1.54) is 6.07 Å². The Kier molecular flexibility index (Phi) is 5.90. The fourth-order valence-electron chi connectivity index (χ4n) is 2.25. The maximum Gasteiger partial charge on any atom is 0.241 e. The molecule has 0 radical (unpaired) electrons. The third kappa shape index (κ3) is 4.82. The number of benzene rings is 1. The molecule has 0 saturated carbocycles. The molecule has 1 aromatic rings. The van der Waals surface area contributed by atoms with Crippen LogP contribution in [0.25, 0.3) is 0 Å². The van der Waals surface area contributed by atoms with Gasteiger partial charge in [-0.2, -0.15) is 0 Å². The van der Waals surface area contributed by atoms with Crippen LogP contribution in [-0.4, -0.2) is 27.7 Å². The van der Waals surface area contributed by atoms with Crippen LogP contribution in [0.3, 0.4) is 0 Å². The minimum absolute atomic E-state index is 0.106. The van der Waals surface area contributed by atoms with Crippen molar-refractivity contribution in [3.63, 3.8) is 0 Å². The van der Waals surface area contributed by atoms with Crippen LogP contribution >= 0.6 is 27.5 Å². The summed E-state index contributed by atoms with van der Waals surface area (Å²) in [5, 5.41) is 5.41. The standard InChI is InChI=1S/C13H17BrClNO4S/c14-9-7-11(15)13(12(8-9)21(16,17)18)20-6-2-4-10-3-1-5-19-10/h7-8,10H,1-6H2,(H2,16,17,18). The highest BCUT2D eigenvalue weighted by molar-refractivity contribution is 9.10. The van der Waals surface area contributed by atoms with Gasteiger partial charge in [0.25, 0.3) is 0 Å². The molecule has 0 spiro atoms. The van der Waals surface area contributed by atoms with Gasteiger partial charge in [-0.1, -0.05) is 27.5 Å². The Hall–Kier alpha value is -0.340. The van der Waals surface area contributed by atoms with Crippen LogP contribution in [0, 0.1) is 0 Å². The molecule has 8 heteroatoms. The Morgan fingerprint density at radius 2 is 2.24 bits per heavy atom. The molecule has 1 atom stereocenters. The Labute approximate surface area is 137 Å². The topological polar surface area (TPSA) is 78.6 Å². The smallest absolute Gasteiger partial charge is 0.241 e. The van der Waals surface area contributed by atoms with Gasteiger partial charge < -0.3 is 9.47 Å². The van der Waals surface area contributed by atoms with Crippen LogP contribution in [0.2, 0.25) is 5.02 Å². The first kappa shape index (κ1) is 17.0. The minimum atomic E-state index is -3.90. The first-order valence-corrected chi connectivity index (χ1v) is 9.36. The fourth-order valence-corrected chi connectivity index (χ4v) is 4.04. The average molecular weight is 399 g/mol. The monoisotopic (exact) mass is 397 g/mol. The molecule has 1 aliphatic rings. The van der Waals surface area contributed by atoms with Gasteiger partial charge in [0.15, 0.2) is 5.75 Å². The summed E-state index contributed by atoms with van der Waals surface area (Å²) in [6.07, 6.45) is 4.10. The van der Waals surface area contributed by atoms with Crippen LogP contribution in [-0.2, 0) is 14.8 Å². The first-order chi connectivity index (χ1) is 9.88. The van der Waals surface area contributed by atoms with Gasteiger partial charge in [0, 0.05) is 11.1 Å². The normalized spacial score (nSPS) is 18.9. The Morgan fingerprint density at radius 3 is 2.86 bits per heavy atom. The molecule has 0 bridgehead atoms. The molecule has 0 aromatic heterocycles. The predicted octanol–water partition coefficient (Wildman–Crippen LogP) is 3.09. The number of nitrogens with two attached hydrogens (primary N) is 1. The lowest BCUT2D eigenvalue weighted by Crippen LogP contribution is -2.15. The molecule has 1 unspecified atom stereocenters. The van der Waals surface area contributed by atoms with E-state index in [9.17, 15) is 8.42 Å². The molecule has 5 nitrogen and oxygen atoms in total. The summed E-state index contributed by atoms with van der Waals surface area (Å²) >= 11 is 9.24. The summed E-state index contributed by atoms with van der Waals surface area (Å²) in [6.45, 7) is 1.18. The van der Waals surface area contributed by atoms with Gasteiger partial charge in [0.1, 0.15) is 4.90 Å². The molecule has 21 heavy (non-hydrogen) atoms. The van der Waals surface area contributed by atoms with Gasteiger partial charge in [-0.05, 0) is 37.8 Å². The zero-order valence-corrected chi connectivity index (χ0v) is 14.5. The van der Waals surface area contributed by atoms with Crippen molar-refractivity contribution in [3.05, 3.63) is 21.6 Å². The summed E-state index contributed by atoms with van der Waals surface area (Å²) in [4.78, 5) is -0.112. The van der Waals surface area contributed by atoms with Crippen LogP contribution in [0.4, 0.5) is 0 Å². The van der Waals surface area contributed by atoms with Crippen LogP contribution in [0.1, 0.15) is 25.7 Å². The number of hydrogen-bond acceptors (Lipinski definition) is 4. The second kappa shape index (κ2) is 7.28. The lowest BCUT2D eigenvalue weighted by molar-refractivity contribution is 0.0980. The highest BCUT2D eigenvalue weighted by Gasteiger charge is 2.20. The van der Waals surface area contributed by atoms with E-state index in [1.807, 2.05) is 0 Å². The van der Waals surface area contributed by atoms with E-state index in [-0.39, 0.29) is 21.8 Å². The largest absolute Gasteiger partial charge is 0.491 e. The summed E-state index contributed by atoms with van der Waals surface area (Å²) in [6, 6.07) is 2.96. The van der Waals surface area contributed by atoms with Crippen molar-refractivity contribution in [2.45, 2.75) is 36.7 Å². The van der Waals surface area contributed by atoms with Crippen LogP contribution in [0.15, 0.2) is 21.5 Å². The first-order valence-electron chi connectivity index (χ1n) is 6.64. The molecule has 1 heterocycles. The number of hydrogen-bond donors (Lipinski definition) is 1. The van der Waals surface area contributed by atoms with E-state index in [0.717, 1.165) is 32.3 Å². The number of rotatable bonds is 6. The quantitative estimate of drug-likeness (QED) is 0.747. The molecule has 1 saturated heterocycles. The fraction of sp³-hybridized carbons (Fsp3) is 0.538. The Bertz CT molecular complexity index is 602. The van der Waals surface area contributed by atoms with Crippen molar-refractivity contribution in [1.82, 2.24) is 0 Å². The third-order valence-corrected chi connectivity index (χ3v) is 4.88. The molecule has 118 valence electrons. The molecule has 2 rings (SSSR count). The van der Waals surface area contributed by atoms with Crippen molar-refractivity contribution in [2.24, 2.45) is 5.14 Å². The molecule has 1 fully saturated rings. The highest BCUT2D eigenvalue weighted by Crippen LogP contribution is 2.35. The van der Waals surface area contributed by atoms with Crippen molar-refractivity contribution in [2.75, 3.05) is 13.2 Å². The van der Waals surface area contributed by atoms with Crippen molar-refractivity contribution >= 4 is 37.6 Å². The molecule has 0 aliphatic carbocycles. The van der Waals surface area contributed by atoms with Crippen molar-refractivity contribution < 1.29 is 17.9 Å². The lowest BCUT2D eigenvalue weighted by atomic mass is 10.1. The van der Waals surface area contributed by atoms with E-state index in [4.69, 9.17) is 26.2 Å². The molecular weight excluding hydrogens is 382 g/mol. The van der Waals surface area contributed by atoms with Gasteiger partial charge in [-0.25, -0.2) is 13.6 Å². The zero-order valence-electron chi connectivity index (χ0n) is 11.3. The van der Waals surface area contributed by atoms with Crippen molar-refractivity contribution in [1.29, 1.82) is 0 Å². The SMILES string of the molecule is NS(=O)(=O)c1cc(Br)cc(Cl)c1OCCCC1CCCO1. The number of primary sulfonamides is 1. The number of ether oxygens (including phenoxy) is 2. The summed E-state index contributed by atoms with van der Waals surface area (Å²) in [7, 11) is -3.90. The zero-order chi connectivity index (χ0) is 15.5. The number of sulfonamides is 1. The Morgan fingerprint density at radius 1 is 1.48 bits per heavy atom. The van der Waals surface area contributed by atoms with Gasteiger partial charge in [0.2, 0.25) is 10.0 Å². The average Bonchev–Trinajstić information content (AvgIpc) is 2.87. The summed E-state index contributed by atoms with van der Waals surface area (Å²) in [5.41, 5.74) is 0. The van der Waals surface area contributed by atoms with Gasteiger partial charge in [-0.3, -0.25) is 0 Å². The molecule has 0 amide bonds. The third-order valence-electron chi connectivity index (χ3n) is 3.22. The highest BCUT2D eigenvalue weighted by atomic mass is 79.9. The van der Waals surface area contributed by atoms with E-state index >= 15 is 0 Å². The van der Waals surface area contributed by atoms with Gasteiger partial charge >= 0.3 is 0 Å². The molecule has 2 N–H and O–H groups in total. The van der Waals surface area contributed by atoms with Crippen LogP contribution in [0.5, 0.6) is 5.75 Å². The van der Waals surface area contributed by atoms with E-state index in [2.05, 4.69) is 15.9 Å². The molecule has 1 aromatic carbocycles. The van der Waals surface area contributed by atoms with Gasteiger partial charge in [0.05, 0.1) is 17.7 Å².